The maximum Gasteiger partial charge on any atom is 0.119 e. The molecule has 1 unspecified atom stereocenters. The first kappa shape index (κ1) is 13.8. The van der Waals surface area contributed by atoms with Crippen LogP contribution in [0.2, 0.25) is 0 Å². The quantitative estimate of drug-likeness (QED) is 0.731. The third-order valence-corrected chi connectivity index (χ3v) is 3.08. The summed E-state index contributed by atoms with van der Waals surface area (Å²) in [6.07, 6.45) is 0. The van der Waals surface area contributed by atoms with Crippen molar-refractivity contribution in [1.82, 2.24) is 5.32 Å². The van der Waals surface area contributed by atoms with Gasteiger partial charge in [0.2, 0.25) is 0 Å². The van der Waals surface area contributed by atoms with Crippen molar-refractivity contribution in [3.63, 3.8) is 0 Å². The SMILES string of the molecule is COc1ccc2cc(CNCC(N)CO)ccc2c1. The Kier molecular flexibility index (Phi) is 4.74. The Bertz CT molecular complexity index is 543. The van der Waals surface area contributed by atoms with Gasteiger partial charge >= 0.3 is 0 Å². The molecule has 0 fully saturated rings. The van der Waals surface area contributed by atoms with Gasteiger partial charge in [-0.3, -0.25) is 0 Å². The van der Waals surface area contributed by atoms with Crippen molar-refractivity contribution in [2.24, 2.45) is 5.73 Å². The van der Waals surface area contributed by atoms with Crippen molar-refractivity contribution >= 4 is 10.8 Å². The van der Waals surface area contributed by atoms with Crippen molar-refractivity contribution in [3.05, 3.63) is 42.0 Å². The van der Waals surface area contributed by atoms with Crippen LogP contribution in [0.1, 0.15) is 5.56 Å². The van der Waals surface area contributed by atoms with Gasteiger partial charge in [-0.2, -0.15) is 0 Å². The second-order valence-corrected chi connectivity index (χ2v) is 4.62. The van der Waals surface area contributed by atoms with Crippen LogP contribution in [0, 0.1) is 0 Å². The summed E-state index contributed by atoms with van der Waals surface area (Å²) < 4.78 is 5.21. The van der Waals surface area contributed by atoms with Gasteiger partial charge in [0.25, 0.3) is 0 Å². The molecule has 0 heterocycles. The highest BCUT2D eigenvalue weighted by Crippen LogP contribution is 2.21. The average Bonchev–Trinajstić information content (AvgIpc) is 2.46. The minimum atomic E-state index is -0.204. The number of hydrogen-bond acceptors (Lipinski definition) is 4. The normalized spacial score (nSPS) is 12.6. The fourth-order valence-electron chi connectivity index (χ4n) is 1.98. The number of hydrogen-bond donors (Lipinski definition) is 3. The molecule has 0 amide bonds. The molecule has 0 aliphatic carbocycles. The molecule has 2 aromatic carbocycles. The minimum Gasteiger partial charge on any atom is -0.497 e. The Morgan fingerprint density at radius 2 is 1.95 bits per heavy atom. The molecule has 2 aromatic rings. The summed E-state index contributed by atoms with van der Waals surface area (Å²) in [6, 6.07) is 12.1. The molecule has 0 aromatic heterocycles. The number of nitrogens with one attached hydrogen (secondary N) is 1. The Morgan fingerprint density at radius 1 is 1.21 bits per heavy atom. The van der Waals surface area contributed by atoms with Gasteiger partial charge in [-0.05, 0) is 34.5 Å². The highest BCUT2D eigenvalue weighted by Gasteiger charge is 2.01. The summed E-state index contributed by atoms with van der Waals surface area (Å²) in [5.74, 6) is 0.868. The second-order valence-electron chi connectivity index (χ2n) is 4.62. The molecule has 4 nitrogen and oxygen atoms in total. The Morgan fingerprint density at radius 3 is 2.68 bits per heavy atom. The van der Waals surface area contributed by atoms with Crippen LogP contribution in [0.4, 0.5) is 0 Å². The predicted octanol–water partition coefficient (Wildman–Crippen LogP) is 1.26. The maximum absolute atomic E-state index is 8.85. The largest absolute Gasteiger partial charge is 0.497 e. The first-order chi connectivity index (χ1) is 9.22. The van der Waals surface area contributed by atoms with E-state index in [1.54, 1.807) is 7.11 Å². The minimum absolute atomic E-state index is 0.00448. The summed E-state index contributed by atoms with van der Waals surface area (Å²) in [7, 11) is 1.67. The van der Waals surface area contributed by atoms with E-state index in [9.17, 15) is 0 Å². The van der Waals surface area contributed by atoms with Gasteiger partial charge < -0.3 is 20.9 Å². The van der Waals surface area contributed by atoms with Gasteiger partial charge in [0.05, 0.1) is 13.7 Å². The highest BCUT2D eigenvalue weighted by atomic mass is 16.5. The molecule has 0 bridgehead atoms. The second kappa shape index (κ2) is 6.52. The zero-order valence-corrected chi connectivity index (χ0v) is 11.1. The fourth-order valence-corrected chi connectivity index (χ4v) is 1.98. The third kappa shape index (κ3) is 3.67. The molecule has 0 aliphatic rings. The van der Waals surface area contributed by atoms with Gasteiger partial charge in [-0.1, -0.05) is 18.2 Å². The number of ether oxygens (including phenoxy) is 1. The van der Waals surface area contributed by atoms with Crippen LogP contribution < -0.4 is 15.8 Å². The standard InChI is InChI=1S/C15H20N2O2/c1-19-15-5-4-12-6-11(2-3-13(12)7-15)8-17-9-14(16)10-18/h2-7,14,17-18H,8-10,16H2,1H3. The summed E-state index contributed by atoms with van der Waals surface area (Å²) in [4.78, 5) is 0. The van der Waals surface area contributed by atoms with E-state index in [4.69, 9.17) is 15.6 Å². The van der Waals surface area contributed by atoms with E-state index in [0.717, 1.165) is 17.7 Å². The van der Waals surface area contributed by atoms with Crippen LogP contribution in [-0.2, 0) is 6.54 Å². The topological polar surface area (TPSA) is 67.5 Å². The molecule has 2 rings (SSSR count). The molecule has 4 N–H and O–H groups in total. The van der Waals surface area contributed by atoms with Gasteiger partial charge in [-0.15, -0.1) is 0 Å². The zero-order chi connectivity index (χ0) is 13.7. The number of aliphatic hydroxyl groups is 1. The highest BCUT2D eigenvalue weighted by molar-refractivity contribution is 5.84. The van der Waals surface area contributed by atoms with Crippen molar-refractivity contribution in [2.45, 2.75) is 12.6 Å². The van der Waals surface area contributed by atoms with Crippen molar-refractivity contribution < 1.29 is 9.84 Å². The van der Waals surface area contributed by atoms with Gasteiger partial charge in [0.15, 0.2) is 0 Å². The lowest BCUT2D eigenvalue weighted by atomic mass is 10.1. The number of fused-ring (bicyclic) bond motifs is 1. The average molecular weight is 260 g/mol. The molecule has 0 aliphatic heterocycles. The summed E-state index contributed by atoms with van der Waals surface area (Å²) in [6.45, 7) is 1.36. The van der Waals surface area contributed by atoms with Crippen molar-refractivity contribution in [2.75, 3.05) is 20.3 Å². The van der Waals surface area contributed by atoms with Crippen LogP contribution >= 0.6 is 0 Å². The van der Waals surface area contributed by atoms with Gasteiger partial charge in [0, 0.05) is 19.1 Å². The van der Waals surface area contributed by atoms with E-state index < -0.39 is 0 Å². The molecular weight excluding hydrogens is 240 g/mol. The first-order valence-electron chi connectivity index (χ1n) is 6.37. The van der Waals surface area contributed by atoms with Crippen LogP contribution in [0.3, 0.4) is 0 Å². The molecule has 1 atom stereocenters. The lowest BCUT2D eigenvalue weighted by molar-refractivity contribution is 0.262. The fraction of sp³-hybridized carbons (Fsp3) is 0.333. The molecule has 0 saturated heterocycles. The zero-order valence-electron chi connectivity index (χ0n) is 11.1. The lowest BCUT2D eigenvalue weighted by Gasteiger charge is -2.10. The Hall–Kier alpha value is -1.62. The van der Waals surface area contributed by atoms with Crippen molar-refractivity contribution in [1.29, 1.82) is 0 Å². The molecule has 0 spiro atoms. The molecule has 19 heavy (non-hydrogen) atoms. The molecule has 0 radical (unpaired) electrons. The number of aliphatic hydroxyl groups excluding tert-OH is 1. The van der Waals surface area contributed by atoms with Crippen molar-refractivity contribution in [3.8, 4) is 5.75 Å². The number of methoxy groups -OCH3 is 1. The van der Waals surface area contributed by atoms with Crippen LogP contribution in [0.5, 0.6) is 5.75 Å². The number of rotatable bonds is 6. The Balaban J connectivity index is 2.05. The number of benzene rings is 2. The lowest BCUT2D eigenvalue weighted by Crippen LogP contribution is -2.36. The van der Waals surface area contributed by atoms with Gasteiger partial charge in [0.1, 0.15) is 5.75 Å². The molecule has 0 saturated carbocycles. The van der Waals surface area contributed by atoms with E-state index in [1.165, 1.54) is 10.9 Å². The molecular formula is C15H20N2O2. The van der Waals surface area contributed by atoms with E-state index in [1.807, 2.05) is 12.1 Å². The van der Waals surface area contributed by atoms with Crippen LogP contribution in [0.25, 0.3) is 10.8 Å². The number of nitrogens with two attached hydrogens (primary N) is 1. The summed E-state index contributed by atoms with van der Waals surface area (Å²) in [5, 5.41) is 14.4. The van der Waals surface area contributed by atoms with Crippen LogP contribution in [0.15, 0.2) is 36.4 Å². The van der Waals surface area contributed by atoms with E-state index in [2.05, 4.69) is 29.6 Å². The van der Waals surface area contributed by atoms with Crippen LogP contribution in [-0.4, -0.2) is 31.4 Å². The van der Waals surface area contributed by atoms with E-state index >= 15 is 0 Å². The molecule has 102 valence electrons. The van der Waals surface area contributed by atoms with E-state index in [0.29, 0.717) is 6.54 Å². The smallest absolute Gasteiger partial charge is 0.119 e. The third-order valence-electron chi connectivity index (χ3n) is 3.08. The molecule has 4 heteroatoms. The monoisotopic (exact) mass is 260 g/mol. The Labute approximate surface area is 113 Å². The van der Waals surface area contributed by atoms with E-state index in [-0.39, 0.29) is 12.6 Å². The maximum atomic E-state index is 8.85. The summed E-state index contributed by atoms with van der Waals surface area (Å²) >= 11 is 0. The first-order valence-corrected chi connectivity index (χ1v) is 6.37. The predicted molar refractivity (Wildman–Crippen MR) is 77.3 cm³/mol. The summed E-state index contributed by atoms with van der Waals surface area (Å²) in [5.41, 5.74) is 6.83. The van der Waals surface area contributed by atoms with Gasteiger partial charge in [-0.25, -0.2) is 0 Å².